The van der Waals surface area contributed by atoms with Crippen LogP contribution in [-0.4, -0.2) is 33.0 Å². The van der Waals surface area contributed by atoms with Crippen LogP contribution < -0.4 is 5.32 Å². The van der Waals surface area contributed by atoms with Crippen LogP contribution in [0, 0.1) is 0 Å². The second-order valence-electron chi connectivity index (χ2n) is 7.00. The van der Waals surface area contributed by atoms with Crippen molar-refractivity contribution in [3.8, 4) is 0 Å². The summed E-state index contributed by atoms with van der Waals surface area (Å²) in [5.74, 6) is -0.931. The zero-order chi connectivity index (χ0) is 23.6. The number of Topliss-reactive ketones (excluding diaryl/α,β-unsaturated/α-hetero) is 1. The Morgan fingerprint density at radius 1 is 0.939 bits per heavy atom. The number of halogens is 1. The first-order valence-electron chi connectivity index (χ1n) is 9.71. The van der Waals surface area contributed by atoms with Gasteiger partial charge in [-0.1, -0.05) is 52.3 Å². The van der Waals surface area contributed by atoms with E-state index in [1.165, 1.54) is 25.3 Å². The first kappa shape index (κ1) is 22.6. The van der Waals surface area contributed by atoms with Gasteiger partial charge in [0.15, 0.2) is 0 Å². The molecule has 0 aliphatic heterocycles. The average molecular weight is 525 g/mol. The summed E-state index contributed by atoms with van der Waals surface area (Å²) in [5.41, 5.74) is 1.45. The highest BCUT2D eigenvalue weighted by Crippen LogP contribution is 2.27. The molecule has 0 saturated carbocycles. The van der Waals surface area contributed by atoms with Crippen LogP contribution in [0.4, 0.5) is 5.69 Å². The molecule has 9 heteroatoms. The number of carbonyl (C=O) groups excluding carboxylic acids is 2. The Kier molecular flexibility index (Phi) is 6.26. The van der Waals surface area contributed by atoms with E-state index in [9.17, 15) is 18.0 Å². The van der Waals surface area contributed by atoms with Crippen LogP contribution in [0.2, 0.25) is 0 Å². The number of fused-ring (bicyclic) bond motifs is 1. The molecule has 0 aromatic heterocycles. The minimum Gasteiger partial charge on any atom is -0.465 e. The van der Waals surface area contributed by atoms with E-state index < -0.39 is 16.0 Å². The largest absolute Gasteiger partial charge is 0.465 e. The molecule has 0 radical (unpaired) electrons. The highest BCUT2D eigenvalue weighted by Gasteiger charge is 2.27. The molecule has 33 heavy (non-hydrogen) atoms. The molecule has 4 rings (SSSR count). The number of para-hydroxylation sites is 1. The van der Waals surface area contributed by atoms with Crippen molar-refractivity contribution in [1.82, 2.24) is 0 Å². The number of rotatable bonds is 5. The van der Waals surface area contributed by atoms with Crippen LogP contribution >= 0.6 is 15.9 Å². The van der Waals surface area contributed by atoms with Crippen LogP contribution in [0.25, 0.3) is 0 Å². The fourth-order valence-electron chi connectivity index (χ4n) is 3.31. The third kappa shape index (κ3) is 4.64. The van der Waals surface area contributed by atoms with Crippen molar-refractivity contribution in [3.63, 3.8) is 0 Å². The first-order valence-corrected chi connectivity index (χ1v) is 11.9. The minimum atomic E-state index is -4.05. The molecule has 0 atom stereocenters. The summed E-state index contributed by atoms with van der Waals surface area (Å²) in [5, 5.41) is 2.95. The van der Waals surface area contributed by atoms with Gasteiger partial charge in [0.25, 0.3) is 10.0 Å². The summed E-state index contributed by atoms with van der Waals surface area (Å²) in [6.07, 6.45) is 1.37. The van der Waals surface area contributed by atoms with E-state index in [2.05, 4.69) is 25.6 Å². The standard InChI is InChI=1S/C24H17BrN2O5S/c1-32-24(29)19-8-4-5-9-20(19)26-22-14-21(17-6-2-3-7-18(17)23(22)28)27-33(30,31)16-12-10-15(25)11-13-16/h2-14,26H,1H3. The third-order valence-electron chi connectivity index (χ3n) is 4.91. The van der Waals surface area contributed by atoms with Gasteiger partial charge in [-0.05, 0) is 42.5 Å². The molecule has 7 nitrogen and oxygen atoms in total. The van der Waals surface area contributed by atoms with Gasteiger partial charge in [0, 0.05) is 15.6 Å². The second-order valence-corrected chi connectivity index (χ2v) is 9.52. The number of nitrogens with one attached hydrogen (secondary N) is 1. The zero-order valence-electron chi connectivity index (χ0n) is 17.3. The minimum absolute atomic E-state index is 0.0199. The van der Waals surface area contributed by atoms with E-state index in [0.717, 1.165) is 4.47 Å². The molecule has 0 bridgehead atoms. The van der Waals surface area contributed by atoms with E-state index in [0.29, 0.717) is 16.8 Å². The third-order valence-corrected chi connectivity index (χ3v) is 6.74. The lowest BCUT2D eigenvalue weighted by atomic mass is 9.92. The number of sulfonamides is 1. The van der Waals surface area contributed by atoms with E-state index >= 15 is 0 Å². The molecule has 1 aliphatic rings. The highest BCUT2D eigenvalue weighted by atomic mass is 79.9. The molecule has 166 valence electrons. The van der Waals surface area contributed by atoms with Crippen LogP contribution in [0.5, 0.6) is 0 Å². The fourth-order valence-corrected chi connectivity index (χ4v) is 4.57. The van der Waals surface area contributed by atoms with E-state index in [4.69, 9.17) is 4.74 Å². The lowest BCUT2D eigenvalue weighted by Crippen LogP contribution is -2.23. The topological polar surface area (TPSA) is 102 Å². The number of carbonyl (C=O) groups is 2. The fraction of sp³-hybridized carbons (Fsp3) is 0.0417. The second kappa shape index (κ2) is 9.13. The summed E-state index contributed by atoms with van der Waals surface area (Å²) in [6, 6.07) is 19.3. The van der Waals surface area contributed by atoms with Crippen molar-refractivity contribution in [1.29, 1.82) is 0 Å². The number of ether oxygens (including phenoxy) is 1. The number of hydrogen-bond acceptors (Lipinski definition) is 6. The average Bonchev–Trinajstić information content (AvgIpc) is 2.82. The normalized spacial score (nSPS) is 14.4. The van der Waals surface area contributed by atoms with Gasteiger partial charge in [0.05, 0.1) is 34.7 Å². The number of hydrogen-bond donors (Lipinski definition) is 1. The quantitative estimate of drug-likeness (QED) is 0.489. The summed E-state index contributed by atoms with van der Waals surface area (Å²) in [4.78, 5) is 25.3. The number of benzene rings is 3. The summed E-state index contributed by atoms with van der Waals surface area (Å²) >= 11 is 3.28. The number of esters is 1. The molecule has 0 amide bonds. The Labute approximate surface area is 199 Å². The zero-order valence-corrected chi connectivity index (χ0v) is 19.7. The van der Waals surface area contributed by atoms with Crippen molar-refractivity contribution >= 4 is 49.1 Å². The predicted octanol–water partition coefficient (Wildman–Crippen LogP) is 4.61. The molecule has 3 aromatic rings. The van der Waals surface area contributed by atoms with Gasteiger partial charge >= 0.3 is 5.97 Å². The van der Waals surface area contributed by atoms with Gasteiger partial charge < -0.3 is 10.1 Å². The van der Waals surface area contributed by atoms with Crippen LogP contribution in [0.1, 0.15) is 26.3 Å². The predicted molar refractivity (Wildman–Crippen MR) is 128 cm³/mol. The molecule has 1 N–H and O–H groups in total. The first-order chi connectivity index (χ1) is 15.8. The molecule has 1 aliphatic carbocycles. The molecule has 3 aromatic carbocycles. The maximum Gasteiger partial charge on any atom is 0.339 e. The van der Waals surface area contributed by atoms with Crippen LogP contribution in [0.3, 0.4) is 0 Å². The molecule has 0 heterocycles. The summed E-state index contributed by atoms with van der Waals surface area (Å²) in [7, 11) is -2.79. The maximum atomic E-state index is 13.1. The SMILES string of the molecule is COC(=O)c1ccccc1NC1=CC(=NS(=O)(=O)c2ccc(Br)cc2)c2ccccc2C1=O. The monoisotopic (exact) mass is 524 g/mol. The summed E-state index contributed by atoms with van der Waals surface area (Å²) in [6.45, 7) is 0. The molecule has 0 saturated heterocycles. The van der Waals surface area contributed by atoms with Crippen molar-refractivity contribution in [2.45, 2.75) is 4.90 Å². The van der Waals surface area contributed by atoms with Gasteiger partial charge in [-0.25, -0.2) is 4.79 Å². The Morgan fingerprint density at radius 2 is 1.58 bits per heavy atom. The lowest BCUT2D eigenvalue weighted by molar-refractivity contribution is 0.0601. The number of ketones is 1. The molecule has 0 spiro atoms. The van der Waals surface area contributed by atoms with Gasteiger partial charge in [-0.2, -0.15) is 12.8 Å². The lowest BCUT2D eigenvalue weighted by Gasteiger charge is -2.19. The van der Waals surface area contributed by atoms with Crippen LogP contribution in [-0.2, 0) is 14.8 Å². The van der Waals surface area contributed by atoms with Gasteiger partial charge in [-0.15, -0.1) is 0 Å². The highest BCUT2D eigenvalue weighted by molar-refractivity contribution is 9.10. The molecular formula is C24H17BrN2O5S. The van der Waals surface area contributed by atoms with E-state index in [1.807, 2.05) is 0 Å². The van der Waals surface area contributed by atoms with Crippen molar-refractivity contribution < 1.29 is 22.7 Å². The van der Waals surface area contributed by atoms with Crippen molar-refractivity contribution in [2.75, 3.05) is 12.4 Å². The van der Waals surface area contributed by atoms with E-state index in [1.54, 1.807) is 60.7 Å². The maximum absolute atomic E-state index is 13.1. The molecular weight excluding hydrogens is 508 g/mol. The van der Waals surface area contributed by atoms with Crippen LogP contribution in [0.15, 0.2) is 98.3 Å². The molecule has 0 unspecified atom stereocenters. The summed E-state index contributed by atoms with van der Waals surface area (Å²) < 4.78 is 35.5. The Hall–Kier alpha value is -3.56. The van der Waals surface area contributed by atoms with Crippen molar-refractivity contribution in [3.05, 3.63) is 106 Å². The number of anilines is 1. The Balaban J connectivity index is 1.82. The Bertz CT molecular complexity index is 1430. The number of methoxy groups -OCH3 is 1. The Morgan fingerprint density at radius 3 is 2.27 bits per heavy atom. The van der Waals surface area contributed by atoms with Gasteiger partial charge in [0.1, 0.15) is 0 Å². The van der Waals surface area contributed by atoms with E-state index in [-0.39, 0.29) is 27.7 Å². The number of nitrogens with zero attached hydrogens (tertiary/aromatic N) is 1. The molecule has 0 fully saturated rings. The number of allylic oxidation sites excluding steroid dienone is 2. The van der Waals surface area contributed by atoms with Crippen molar-refractivity contribution in [2.24, 2.45) is 4.40 Å². The van der Waals surface area contributed by atoms with Gasteiger partial charge in [-0.3, -0.25) is 4.79 Å². The smallest absolute Gasteiger partial charge is 0.339 e. The van der Waals surface area contributed by atoms with Gasteiger partial charge in [0.2, 0.25) is 5.78 Å².